The summed E-state index contributed by atoms with van der Waals surface area (Å²) in [5, 5.41) is 15.8. The van der Waals surface area contributed by atoms with Crippen LogP contribution >= 0.6 is 24.0 Å². The second-order valence-electron chi connectivity index (χ2n) is 9.06. The minimum atomic E-state index is 0. The highest BCUT2D eigenvalue weighted by molar-refractivity contribution is 14.0. The van der Waals surface area contributed by atoms with Gasteiger partial charge in [0.25, 0.3) is 0 Å². The molecule has 1 unspecified atom stereocenters. The Morgan fingerprint density at radius 2 is 2.06 bits per heavy atom. The molecule has 0 radical (unpaired) electrons. The van der Waals surface area contributed by atoms with Gasteiger partial charge < -0.3 is 24.7 Å². The van der Waals surface area contributed by atoms with E-state index in [-0.39, 0.29) is 35.4 Å². The van der Waals surface area contributed by atoms with Gasteiger partial charge in [-0.05, 0) is 37.7 Å². The van der Waals surface area contributed by atoms with Gasteiger partial charge in [0, 0.05) is 39.3 Å². The number of nitrogens with one attached hydrogen (secondary N) is 2. The average Bonchev–Trinajstić information content (AvgIpc) is 3.42. The van der Waals surface area contributed by atoms with E-state index in [1.807, 2.05) is 30.7 Å². The van der Waals surface area contributed by atoms with Crippen LogP contribution in [0.4, 0.5) is 0 Å². The number of guanidine groups is 1. The topological polar surface area (TPSA) is 85.6 Å². The van der Waals surface area contributed by atoms with E-state index in [0.29, 0.717) is 13.2 Å². The number of hydrogen-bond donors (Lipinski definition) is 2. The lowest BCUT2D eigenvalue weighted by molar-refractivity contribution is 0.138. The molecule has 1 aliphatic heterocycles. The quantitative estimate of drug-likeness (QED) is 0.286. The standard InChI is InChI=1S/C24H36N6O2.HI/c1-18-28-29-22(30(18)2)16-25-23(26-17-24(13-15-31-3)11-6-7-12-24)27-20-10-14-32-21-9-5-4-8-19(20)21;/h4-5,8-9,20H,6-7,10-17H2,1-3H3,(H2,25,26,27);1H. The number of hydrogen-bond acceptors (Lipinski definition) is 5. The fraction of sp³-hybridized carbons (Fsp3) is 0.625. The third kappa shape index (κ3) is 6.38. The van der Waals surface area contributed by atoms with Crippen LogP contribution in [-0.4, -0.2) is 47.6 Å². The minimum Gasteiger partial charge on any atom is -0.493 e. The van der Waals surface area contributed by atoms with Crippen molar-refractivity contribution in [1.29, 1.82) is 0 Å². The Morgan fingerprint density at radius 1 is 1.27 bits per heavy atom. The van der Waals surface area contributed by atoms with Gasteiger partial charge in [-0.25, -0.2) is 4.99 Å². The van der Waals surface area contributed by atoms with Crippen molar-refractivity contribution in [2.75, 3.05) is 26.9 Å². The Morgan fingerprint density at radius 3 is 2.79 bits per heavy atom. The van der Waals surface area contributed by atoms with Crippen LogP contribution in [0, 0.1) is 12.3 Å². The van der Waals surface area contributed by atoms with E-state index in [4.69, 9.17) is 14.5 Å². The highest BCUT2D eigenvalue weighted by Gasteiger charge is 2.34. The van der Waals surface area contributed by atoms with E-state index >= 15 is 0 Å². The number of methoxy groups -OCH3 is 1. The van der Waals surface area contributed by atoms with Crippen molar-refractivity contribution in [3.63, 3.8) is 0 Å². The van der Waals surface area contributed by atoms with Crippen molar-refractivity contribution in [2.45, 2.75) is 58.0 Å². The van der Waals surface area contributed by atoms with E-state index in [1.165, 1.54) is 31.2 Å². The van der Waals surface area contributed by atoms with Gasteiger partial charge in [0.1, 0.15) is 18.1 Å². The number of ether oxygens (including phenoxy) is 2. The Hall–Kier alpha value is -1.88. The molecule has 1 aromatic heterocycles. The number of benzene rings is 1. The van der Waals surface area contributed by atoms with Crippen molar-refractivity contribution >= 4 is 29.9 Å². The summed E-state index contributed by atoms with van der Waals surface area (Å²) in [6, 6.07) is 8.41. The maximum Gasteiger partial charge on any atom is 0.192 e. The number of rotatable bonds is 8. The maximum atomic E-state index is 5.85. The monoisotopic (exact) mass is 568 g/mol. The lowest BCUT2D eigenvalue weighted by Gasteiger charge is -2.32. The van der Waals surface area contributed by atoms with Crippen molar-refractivity contribution in [3.05, 3.63) is 41.5 Å². The highest BCUT2D eigenvalue weighted by Crippen LogP contribution is 2.40. The first-order valence-electron chi connectivity index (χ1n) is 11.7. The Labute approximate surface area is 214 Å². The molecule has 182 valence electrons. The largest absolute Gasteiger partial charge is 0.493 e. The predicted octanol–water partition coefficient (Wildman–Crippen LogP) is 3.90. The molecular weight excluding hydrogens is 531 g/mol. The summed E-state index contributed by atoms with van der Waals surface area (Å²) in [6.07, 6.45) is 7.02. The first-order chi connectivity index (χ1) is 15.6. The molecule has 0 amide bonds. The molecule has 0 saturated heterocycles. The van der Waals surface area contributed by atoms with Crippen LogP contribution in [0.25, 0.3) is 0 Å². The molecule has 9 heteroatoms. The van der Waals surface area contributed by atoms with Gasteiger partial charge in [-0.15, -0.1) is 34.2 Å². The number of aliphatic imine (C=N–C) groups is 1. The molecule has 8 nitrogen and oxygen atoms in total. The molecule has 2 N–H and O–H groups in total. The minimum absolute atomic E-state index is 0. The molecule has 1 aliphatic carbocycles. The van der Waals surface area contributed by atoms with Crippen LogP contribution in [0.5, 0.6) is 5.75 Å². The van der Waals surface area contributed by atoms with E-state index in [2.05, 4.69) is 33.0 Å². The smallest absolute Gasteiger partial charge is 0.192 e. The highest BCUT2D eigenvalue weighted by atomic mass is 127. The van der Waals surface area contributed by atoms with Crippen LogP contribution in [0.2, 0.25) is 0 Å². The van der Waals surface area contributed by atoms with Gasteiger partial charge in [-0.1, -0.05) is 31.0 Å². The van der Waals surface area contributed by atoms with Crippen molar-refractivity contribution in [2.24, 2.45) is 17.5 Å². The molecule has 2 aromatic rings. The van der Waals surface area contributed by atoms with E-state index in [9.17, 15) is 0 Å². The van der Waals surface area contributed by atoms with Gasteiger partial charge >= 0.3 is 0 Å². The lowest BCUT2D eigenvalue weighted by Crippen LogP contribution is -2.45. The summed E-state index contributed by atoms with van der Waals surface area (Å²) < 4.78 is 13.2. The van der Waals surface area contributed by atoms with Crippen LogP contribution < -0.4 is 15.4 Å². The summed E-state index contributed by atoms with van der Waals surface area (Å²) in [4.78, 5) is 4.91. The van der Waals surface area contributed by atoms with E-state index in [1.54, 1.807) is 7.11 Å². The molecule has 0 bridgehead atoms. The molecule has 4 rings (SSSR count). The number of halogens is 1. The Kier molecular flexibility index (Phi) is 9.37. The van der Waals surface area contributed by atoms with Crippen molar-refractivity contribution < 1.29 is 9.47 Å². The molecule has 2 heterocycles. The second-order valence-corrected chi connectivity index (χ2v) is 9.06. The van der Waals surface area contributed by atoms with Gasteiger partial charge in [-0.3, -0.25) is 0 Å². The number of nitrogens with zero attached hydrogens (tertiary/aromatic N) is 4. The fourth-order valence-corrected chi connectivity index (χ4v) is 4.78. The molecule has 1 atom stereocenters. The summed E-state index contributed by atoms with van der Waals surface area (Å²) in [6.45, 7) is 4.82. The van der Waals surface area contributed by atoms with Gasteiger partial charge in [0.2, 0.25) is 0 Å². The number of aromatic nitrogens is 3. The maximum absolute atomic E-state index is 5.85. The molecule has 1 aromatic carbocycles. The predicted molar refractivity (Wildman–Crippen MR) is 140 cm³/mol. The van der Waals surface area contributed by atoms with Crippen LogP contribution in [0.15, 0.2) is 29.3 Å². The van der Waals surface area contributed by atoms with Gasteiger partial charge in [-0.2, -0.15) is 0 Å². The summed E-state index contributed by atoms with van der Waals surface area (Å²) in [5.41, 5.74) is 1.45. The van der Waals surface area contributed by atoms with E-state index in [0.717, 1.165) is 49.4 Å². The van der Waals surface area contributed by atoms with Crippen LogP contribution in [0.3, 0.4) is 0 Å². The normalized spacial score (nSPS) is 19.4. The second kappa shape index (κ2) is 12.0. The number of fused-ring (bicyclic) bond motifs is 1. The summed E-state index contributed by atoms with van der Waals surface area (Å²) >= 11 is 0. The molecule has 1 saturated carbocycles. The van der Waals surface area contributed by atoms with E-state index < -0.39 is 0 Å². The Balaban J connectivity index is 0.00000306. The molecule has 33 heavy (non-hydrogen) atoms. The van der Waals surface area contributed by atoms with Crippen molar-refractivity contribution in [1.82, 2.24) is 25.4 Å². The average molecular weight is 569 g/mol. The number of aryl methyl sites for hydroxylation is 1. The summed E-state index contributed by atoms with van der Waals surface area (Å²) in [7, 11) is 3.77. The van der Waals surface area contributed by atoms with Crippen LogP contribution in [0.1, 0.15) is 61.8 Å². The fourth-order valence-electron chi connectivity index (χ4n) is 4.78. The van der Waals surface area contributed by atoms with Gasteiger partial charge in [0.15, 0.2) is 11.8 Å². The zero-order chi connectivity index (χ0) is 22.4. The SMILES string of the molecule is COCCC1(CNC(=NCc2nnc(C)n2C)NC2CCOc3ccccc32)CCCC1.I. The zero-order valence-electron chi connectivity index (χ0n) is 20.0. The summed E-state index contributed by atoms with van der Waals surface area (Å²) in [5.74, 6) is 3.51. The Bertz CT molecular complexity index is 925. The number of para-hydroxylation sites is 1. The molecule has 2 aliphatic rings. The van der Waals surface area contributed by atoms with Crippen molar-refractivity contribution in [3.8, 4) is 5.75 Å². The zero-order valence-corrected chi connectivity index (χ0v) is 22.3. The third-order valence-corrected chi connectivity index (χ3v) is 6.96. The molecular formula is C24H37IN6O2. The molecule has 0 spiro atoms. The first kappa shape index (κ1) is 25.7. The van der Waals surface area contributed by atoms with Gasteiger partial charge in [0.05, 0.1) is 12.6 Å². The first-order valence-corrected chi connectivity index (χ1v) is 11.7. The third-order valence-electron chi connectivity index (χ3n) is 6.96. The van der Waals surface area contributed by atoms with Crippen LogP contribution in [-0.2, 0) is 18.3 Å². The molecule has 1 fully saturated rings. The lowest BCUT2D eigenvalue weighted by atomic mass is 9.83.